The Labute approximate surface area is 277 Å². The Morgan fingerprint density at radius 2 is 1.36 bits per heavy atom. The largest absolute Gasteiger partial charge is 0.491 e. The van der Waals surface area contributed by atoms with Gasteiger partial charge in [-0.3, -0.25) is 0 Å². The lowest BCUT2D eigenvalue weighted by Crippen LogP contribution is -2.28. The molecule has 0 aliphatic rings. The average molecular weight is 737 g/mol. The average Bonchev–Trinajstić information content (AvgIpc) is 3.26. The number of aliphatic hydroxyl groups excluding tert-OH is 1. The van der Waals surface area contributed by atoms with Crippen molar-refractivity contribution in [2.24, 2.45) is 0 Å². The Morgan fingerprint density at radius 3 is 1.98 bits per heavy atom. The van der Waals surface area contributed by atoms with Crippen LogP contribution in [0.25, 0.3) is 21.8 Å². The monoisotopic (exact) mass is 734 g/mol. The number of rotatable bonds is 19. The zero-order valence-corrected chi connectivity index (χ0v) is 29.0. The number of ether oxygens (including phenoxy) is 5. The van der Waals surface area contributed by atoms with Crippen molar-refractivity contribution in [2.75, 3.05) is 58.1 Å². The molecule has 8 nitrogen and oxygen atoms in total. The minimum absolute atomic E-state index is 0.373. The molecule has 4 aromatic rings. The van der Waals surface area contributed by atoms with Gasteiger partial charge in [-0.15, -0.1) is 0 Å². The highest BCUT2D eigenvalue weighted by atomic mass is 79.9. The number of fused-ring (bicyclic) bond motifs is 3. The van der Waals surface area contributed by atoms with Gasteiger partial charge in [0.15, 0.2) is 6.29 Å². The summed E-state index contributed by atoms with van der Waals surface area (Å²) in [7, 11) is 0. The van der Waals surface area contributed by atoms with Crippen LogP contribution in [-0.2, 0) is 25.5 Å². The van der Waals surface area contributed by atoms with Crippen molar-refractivity contribution < 1.29 is 28.8 Å². The predicted octanol–water partition coefficient (Wildman–Crippen LogP) is 7.77. The second-order valence-electron chi connectivity index (χ2n) is 11.4. The molecular formula is C34H44Br2N2O6. The summed E-state index contributed by atoms with van der Waals surface area (Å²) in [5.74, 6) is 0.809. The number of aryl methyl sites for hydroxylation is 1. The summed E-state index contributed by atoms with van der Waals surface area (Å²) >= 11 is 7.25. The minimum Gasteiger partial charge on any atom is -0.491 e. The van der Waals surface area contributed by atoms with Crippen LogP contribution in [-0.4, -0.2) is 74.4 Å². The molecule has 0 bridgehead atoms. The number of anilines is 1. The Hall–Kier alpha value is -2.18. The zero-order chi connectivity index (χ0) is 31.4. The SMILES string of the molecule is CC(C)(C)OC(O)CCOCCOCCOCCOc1cccc(NCCCn2c3ccc(Br)cc3c3cc(Br)ccc32)c1. The van der Waals surface area contributed by atoms with E-state index in [2.05, 4.69) is 84.2 Å². The summed E-state index contributed by atoms with van der Waals surface area (Å²) in [5.41, 5.74) is 3.15. The van der Waals surface area contributed by atoms with E-state index in [-0.39, 0.29) is 5.60 Å². The molecule has 3 aromatic carbocycles. The van der Waals surface area contributed by atoms with Crippen LogP contribution in [0.15, 0.2) is 69.6 Å². The van der Waals surface area contributed by atoms with Crippen molar-refractivity contribution in [3.8, 4) is 5.75 Å². The quantitative estimate of drug-likeness (QED) is 0.0752. The summed E-state index contributed by atoms with van der Waals surface area (Å²) in [4.78, 5) is 0. The number of aromatic nitrogens is 1. The third-order valence-electron chi connectivity index (χ3n) is 6.75. The van der Waals surface area contributed by atoms with Gasteiger partial charge in [0.1, 0.15) is 12.4 Å². The third kappa shape index (κ3) is 11.3. The lowest BCUT2D eigenvalue weighted by Gasteiger charge is -2.23. The van der Waals surface area contributed by atoms with Gasteiger partial charge < -0.3 is 38.7 Å². The van der Waals surface area contributed by atoms with E-state index in [0.29, 0.717) is 52.7 Å². The lowest BCUT2D eigenvalue weighted by molar-refractivity contribution is -0.173. The Bertz CT molecular complexity index is 1400. The summed E-state index contributed by atoms with van der Waals surface area (Å²) in [6.07, 6.45) is 0.591. The molecule has 0 aliphatic carbocycles. The molecule has 0 saturated heterocycles. The van der Waals surface area contributed by atoms with E-state index >= 15 is 0 Å². The predicted molar refractivity (Wildman–Crippen MR) is 184 cm³/mol. The highest BCUT2D eigenvalue weighted by molar-refractivity contribution is 9.10. The Morgan fingerprint density at radius 1 is 0.773 bits per heavy atom. The second-order valence-corrected chi connectivity index (χ2v) is 13.3. The van der Waals surface area contributed by atoms with E-state index in [9.17, 15) is 5.11 Å². The third-order valence-corrected chi connectivity index (χ3v) is 7.74. The van der Waals surface area contributed by atoms with Crippen LogP contribution in [0.5, 0.6) is 5.75 Å². The van der Waals surface area contributed by atoms with Gasteiger partial charge >= 0.3 is 0 Å². The normalized spacial score (nSPS) is 12.7. The molecule has 0 amide bonds. The van der Waals surface area contributed by atoms with Gasteiger partial charge in [-0.1, -0.05) is 37.9 Å². The first-order valence-corrected chi connectivity index (χ1v) is 16.7. The molecule has 1 atom stereocenters. The van der Waals surface area contributed by atoms with Gasteiger partial charge in [0.25, 0.3) is 0 Å². The van der Waals surface area contributed by atoms with Crippen molar-refractivity contribution in [3.05, 3.63) is 69.6 Å². The second kappa shape index (κ2) is 17.5. The summed E-state index contributed by atoms with van der Waals surface area (Å²) < 4.78 is 32.5. The van der Waals surface area contributed by atoms with E-state index in [1.165, 1.54) is 21.8 Å². The van der Waals surface area contributed by atoms with Crippen LogP contribution >= 0.6 is 31.9 Å². The van der Waals surface area contributed by atoms with E-state index in [1.807, 2.05) is 39.0 Å². The van der Waals surface area contributed by atoms with Crippen LogP contribution in [0.3, 0.4) is 0 Å². The zero-order valence-electron chi connectivity index (χ0n) is 25.8. The first-order valence-electron chi connectivity index (χ1n) is 15.1. The van der Waals surface area contributed by atoms with Crippen molar-refractivity contribution in [1.29, 1.82) is 0 Å². The fourth-order valence-electron chi connectivity index (χ4n) is 4.87. The van der Waals surface area contributed by atoms with Crippen molar-refractivity contribution >= 4 is 59.4 Å². The smallest absolute Gasteiger partial charge is 0.157 e. The molecule has 10 heteroatoms. The van der Waals surface area contributed by atoms with Gasteiger partial charge in [-0.05, 0) is 75.7 Å². The van der Waals surface area contributed by atoms with Gasteiger partial charge in [0, 0.05) is 62.0 Å². The summed E-state index contributed by atoms with van der Waals surface area (Å²) in [6.45, 7) is 10.8. The lowest BCUT2D eigenvalue weighted by atomic mass is 10.2. The van der Waals surface area contributed by atoms with E-state index in [1.54, 1.807) is 0 Å². The summed E-state index contributed by atoms with van der Waals surface area (Å²) in [5, 5.41) is 15.8. The highest BCUT2D eigenvalue weighted by Gasteiger charge is 2.16. The minimum atomic E-state index is -0.819. The highest BCUT2D eigenvalue weighted by Crippen LogP contribution is 2.33. The van der Waals surface area contributed by atoms with Gasteiger partial charge in [0.2, 0.25) is 0 Å². The molecule has 240 valence electrons. The number of hydrogen-bond donors (Lipinski definition) is 2. The molecule has 4 rings (SSSR count). The number of nitrogens with one attached hydrogen (secondary N) is 1. The number of halogens is 2. The molecule has 1 aromatic heterocycles. The van der Waals surface area contributed by atoms with Crippen LogP contribution in [0.2, 0.25) is 0 Å². The fraction of sp³-hybridized carbons (Fsp3) is 0.471. The fourth-order valence-corrected chi connectivity index (χ4v) is 5.59. The molecule has 0 fully saturated rings. The maximum atomic E-state index is 9.79. The maximum absolute atomic E-state index is 9.79. The van der Waals surface area contributed by atoms with Gasteiger partial charge in [-0.25, -0.2) is 0 Å². The molecule has 0 spiro atoms. The number of aliphatic hydroxyl groups is 1. The molecule has 0 aliphatic heterocycles. The topological polar surface area (TPSA) is 83.3 Å². The molecule has 0 radical (unpaired) electrons. The van der Waals surface area contributed by atoms with Crippen LogP contribution < -0.4 is 10.1 Å². The molecule has 44 heavy (non-hydrogen) atoms. The van der Waals surface area contributed by atoms with E-state index < -0.39 is 6.29 Å². The first-order chi connectivity index (χ1) is 21.2. The maximum Gasteiger partial charge on any atom is 0.157 e. The molecule has 0 saturated carbocycles. The summed E-state index contributed by atoms with van der Waals surface area (Å²) in [6, 6.07) is 21.0. The molecular weight excluding hydrogens is 692 g/mol. The standard InChI is InChI=1S/C34H44Br2N2O6/c1-34(2,3)44-33(39)12-15-40-16-17-41-18-19-42-20-21-43-28-7-4-6-27(24-28)37-13-5-14-38-31-10-8-25(35)22-29(31)30-23-26(36)9-11-32(30)38/h4,6-11,22-24,33,37,39H,5,12-21H2,1-3H3. The van der Waals surface area contributed by atoms with Crippen LogP contribution in [0.1, 0.15) is 33.6 Å². The number of benzene rings is 3. The first kappa shape index (κ1) is 34.7. The van der Waals surface area contributed by atoms with Gasteiger partial charge in [0.05, 0.1) is 45.2 Å². The van der Waals surface area contributed by atoms with Crippen molar-refractivity contribution in [2.45, 2.75) is 52.0 Å². The number of hydrogen-bond acceptors (Lipinski definition) is 7. The number of nitrogens with zero attached hydrogens (tertiary/aromatic N) is 1. The molecule has 1 unspecified atom stereocenters. The van der Waals surface area contributed by atoms with Crippen molar-refractivity contribution in [3.63, 3.8) is 0 Å². The Kier molecular flexibility index (Phi) is 13.8. The van der Waals surface area contributed by atoms with Crippen LogP contribution in [0.4, 0.5) is 5.69 Å². The van der Waals surface area contributed by atoms with Crippen molar-refractivity contribution in [1.82, 2.24) is 4.57 Å². The van der Waals surface area contributed by atoms with Crippen LogP contribution in [0, 0.1) is 0 Å². The molecule has 2 N–H and O–H groups in total. The van der Waals surface area contributed by atoms with E-state index in [4.69, 9.17) is 23.7 Å². The Balaban J connectivity index is 1.07. The van der Waals surface area contributed by atoms with E-state index in [0.717, 1.165) is 39.9 Å². The molecule has 1 heterocycles. The van der Waals surface area contributed by atoms with Gasteiger partial charge in [-0.2, -0.15) is 0 Å².